The van der Waals surface area contributed by atoms with E-state index in [9.17, 15) is 4.39 Å². The first-order valence-corrected chi connectivity index (χ1v) is 14.4. The second kappa shape index (κ2) is 9.34. The first-order valence-electron chi connectivity index (χ1n) is 11.5. The van der Waals surface area contributed by atoms with Gasteiger partial charge in [-0.05, 0) is 15.4 Å². The van der Waals surface area contributed by atoms with Gasteiger partial charge in [-0.3, -0.25) is 4.57 Å². The maximum Gasteiger partial charge on any atom is 0.312 e. The number of nitrogens with two attached hydrogens (primary N) is 1. The van der Waals surface area contributed by atoms with Crippen molar-refractivity contribution in [3.05, 3.63) is 73.1 Å². The van der Waals surface area contributed by atoms with Crippen molar-refractivity contribution in [1.82, 2.24) is 19.5 Å². The van der Waals surface area contributed by atoms with Gasteiger partial charge in [-0.25, -0.2) is 4.98 Å². The fourth-order valence-electron chi connectivity index (χ4n) is 4.75. The zero-order valence-corrected chi connectivity index (χ0v) is 21.7. The summed E-state index contributed by atoms with van der Waals surface area (Å²) in [6.07, 6.45) is 0.339. The van der Waals surface area contributed by atoms with Crippen LogP contribution in [0.4, 0.5) is 10.2 Å². The van der Waals surface area contributed by atoms with Crippen LogP contribution in [0.25, 0.3) is 11.2 Å². The highest BCUT2D eigenvalue weighted by molar-refractivity contribution is 8.00. The van der Waals surface area contributed by atoms with E-state index in [2.05, 4.69) is 84.3 Å². The summed E-state index contributed by atoms with van der Waals surface area (Å²) in [6.45, 7) is 7.18. The molecule has 2 aromatic carbocycles. The van der Waals surface area contributed by atoms with Crippen molar-refractivity contribution in [2.24, 2.45) is 0 Å². The van der Waals surface area contributed by atoms with E-state index in [1.165, 1.54) is 10.4 Å². The average Bonchev–Trinajstić information content (AvgIpc) is 3.47. The molecule has 0 spiro atoms. The topological polar surface area (TPSA) is 88.1 Å². The van der Waals surface area contributed by atoms with Crippen LogP contribution in [0.5, 0.6) is 0 Å². The van der Waals surface area contributed by atoms with Gasteiger partial charge < -0.3 is 14.9 Å². The lowest BCUT2D eigenvalue weighted by Crippen LogP contribution is -2.67. The Hall–Kier alpha value is -2.79. The third kappa shape index (κ3) is 4.35. The van der Waals surface area contributed by atoms with Crippen LogP contribution in [0.3, 0.4) is 0 Å². The molecule has 5 rings (SSSR count). The molecule has 2 atom stereocenters. The van der Waals surface area contributed by atoms with Crippen molar-refractivity contribution in [2.75, 3.05) is 18.1 Å². The number of hydrogen-bond acceptors (Lipinski definition) is 7. The van der Waals surface area contributed by atoms with Crippen LogP contribution in [-0.2, 0) is 9.16 Å². The number of imidazole rings is 1. The lowest BCUT2D eigenvalue weighted by molar-refractivity contribution is 0.000952. The summed E-state index contributed by atoms with van der Waals surface area (Å²) >= 11 is 1.67. The van der Waals surface area contributed by atoms with Crippen LogP contribution in [0.15, 0.2) is 67.0 Å². The maximum atomic E-state index is 13.8. The number of ether oxygens (including phenoxy) is 1. The maximum absolute atomic E-state index is 13.8. The molecular weight excluding hydrogens is 481 g/mol. The monoisotopic (exact) mass is 509 g/mol. The van der Waals surface area contributed by atoms with Crippen molar-refractivity contribution in [2.45, 2.75) is 37.5 Å². The van der Waals surface area contributed by atoms with Crippen molar-refractivity contribution in [3.63, 3.8) is 0 Å². The standard InChI is InChI=1S/C25H28FN5O2SSi/c1-25(2,3)35(17-10-6-4-7-11-17,18-12-8-5-9-13-18)32-14-20-33-19(15-34-20)31-16-28-21-22(27)29-24(26)30-23(21)31/h4-13,16,19-20H,14-15H2,1-3H3,(H2,27,29,30)/t19-,20+/m0/s1. The summed E-state index contributed by atoms with van der Waals surface area (Å²) in [4.78, 5) is 11.7. The number of rotatable bonds is 6. The summed E-state index contributed by atoms with van der Waals surface area (Å²) in [5.41, 5.74) is 6.32. The zero-order chi connectivity index (χ0) is 24.6. The van der Waals surface area contributed by atoms with Gasteiger partial charge in [-0.1, -0.05) is 81.4 Å². The van der Waals surface area contributed by atoms with E-state index in [0.29, 0.717) is 23.5 Å². The molecule has 2 aromatic heterocycles. The molecule has 35 heavy (non-hydrogen) atoms. The van der Waals surface area contributed by atoms with E-state index in [4.69, 9.17) is 14.9 Å². The summed E-state index contributed by atoms with van der Waals surface area (Å²) in [5, 5.41) is 2.33. The Morgan fingerprint density at radius 2 is 1.71 bits per heavy atom. The number of anilines is 1. The highest BCUT2D eigenvalue weighted by atomic mass is 32.2. The molecular formula is C25H28FN5O2SSi. The number of fused-ring (bicyclic) bond motifs is 1. The van der Waals surface area contributed by atoms with Crippen LogP contribution in [0.2, 0.25) is 5.04 Å². The molecule has 182 valence electrons. The fraction of sp³-hybridized carbons (Fsp3) is 0.320. The van der Waals surface area contributed by atoms with Crippen molar-refractivity contribution < 1.29 is 13.6 Å². The minimum Gasteiger partial charge on any atom is -0.404 e. The second-order valence-corrected chi connectivity index (χ2v) is 15.0. The van der Waals surface area contributed by atoms with Crippen LogP contribution in [0, 0.1) is 6.08 Å². The molecule has 0 radical (unpaired) electrons. The Morgan fingerprint density at radius 3 is 2.31 bits per heavy atom. The third-order valence-corrected chi connectivity index (χ3v) is 12.4. The Labute approximate surface area is 209 Å². The number of nitrogen functional groups attached to an aromatic ring is 1. The molecule has 1 aliphatic rings. The molecule has 7 nitrogen and oxygen atoms in total. The number of halogens is 1. The number of aromatic nitrogens is 4. The van der Waals surface area contributed by atoms with Gasteiger partial charge in [0.05, 0.1) is 12.9 Å². The van der Waals surface area contributed by atoms with Gasteiger partial charge in [0.1, 0.15) is 11.7 Å². The largest absolute Gasteiger partial charge is 0.404 e. The quantitative estimate of drug-likeness (QED) is 0.313. The van der Waals surface area contributed by atoms with Crippen LogP contribution >= 0.6 is 11.8 Å². The minimum absolute atomic E-state index is 0.0171. The van der Waals surface area contributed by atoms with Gasteiger partial charge in [-0.15, -0.1) is 11.8 Å². The highest BCUT2D eigenvalue weighted by Gasteiger charge is 2.50. The number of benzene rings is 2. The van der Waals surface area contributed by atoms with E-state index < -0.39 is 14.4 Å². The molecule has 0 saturated carbocycles. The highest BCUT2D eigenvalue weighted by Crippen LogP contribution is 2.39. The molecule has 10 heteroatoms. The molecule has 0 unspecified atom stereocenters. The molecule has 3 heterocycles. The smallest absolute Gasteiger partial charge is 0.312 e. The first-order chi connectivity index (χ1) is 16.8. The van der Waals surface area contributed by atoms with Gasteiger partial charge in [0.2, 0.25) is 0 Å². The minimum atomic E-state index is -2.66. The van der Waals surface area contributed by atoms with Crippen LogP contribution in [0.1, 0.15) is 27.0 Å². The predicted molar refractivity (Wildman–Crippen MR) is 140 cm³/mol. The van der Waals surface area contributed by atoms with E-state index in [1.54, 1.807) is 22.7 Å². The third-order valence-electron chi connectivity index (χ3n) is 6.32. The van der Waals surface area contributed by atoms with Crippen molar-refractivity contribution >= 4 is 47.4 Å². The first kappa shape index (κ1) is 23.9. The fourth-order valence-corrected chi connectivity index (χ4v) is 10.4. The summed E-state index contributed by atoms with van der Waals surface area (Å²) < 4.78 is 28.9. The lowest BCUT2D eigenvalue weighted by atomic mass is 10.2. The van der Waals surface area contributed by atoms with Gasteiger partial charge >= 0.3 is 6.08 Å². The van der Waals surface area contributed by atoms with Gasteiger partial charge in [0, 0.05) is 5.75 Å². The summed E-state index contributed by atoms with van der Waals surface area (Å²) in [6, 6.07) is 21.0. The Bertz CT molecular complexity index is 1280. The number of hydrogen-bond donors (Lipinski definition) is 1. The molecule has 1 saturated heterocycles. The molecule has 1 fully saturated rings. The molecule has 4 aromatic rings. The molecule has 0 aliphatic carbocycles. The molecule has 0 bridgehead atoms. The molecule has 1 aliphatic heterocycles. The Balaban J connectivity index is 1.42. The summed E-state index contributed by atoms with van der Waals surface area (Å²) in [7, 11) is -2.66. The van der Waals surface area contributed by atoms with Gasteiger partial charge in [0.15, 0.2) is 17.0 Å². The molecule has 2 N–H and O–H groups in total. The Morgan fingerprint density at radius 1 is 1.09 bits per heavy atom. The lowest BCUT2D eigenvalue weighted by Gasteiger charge is -2.43. The van der Waals surface area contributed by atoms with E-state index in [-0.39, 0.29) is 22.5 Å². The van der Waals surface area contributed by atoms with Gasteiger partial charge in [0.25, 0.3) is 8.32 Å². The predicted octanol–water partition coefficient (Wildman–Crippen LogP) is 3.71. The molecule has 0 amide bonds. The number of nitrogens with zero attached hydrogens (tertiary/aromatic N) is 4. The van der Waals surface area contributed by atoms with Crippen molar-refractivity contribution in [3.8, 4) is 0 Å². The second-order valence-electron chi connectivity index (χ2n) is 9.53. The normalized spacial score (nSPS) is 18.9. The number of thioether (sulfide) groups is 1. The average molecular weight is 510 g/mol. The zero-order valence-electron chi connectivity index (χ0n) is 19.9. The van der Waals surface area contributed by atoms with Crippen LogP contribution in [-0.4, -0.2) is 45.6 Å². The van der Waals surface area contributed by atoms with Crippen molar-refractivity contribution in [1.29, 1.82) is 0 Å². The van der Waals surface area contributed by atoms with E-state index >= 15 is 0 Å². The van der Waals surface area contributed by atoms with E-state index in [0.717, 1.165) is 0 Å². The van der Waals surface area contributed by atoms with Crippen LogP contribution < -0.4 is 16.1 Å². The Kier molecular flexibility index (Phi) is 6.39. The van der Waals surface area contributed by atoms with E-state index in [1.807, 2.05) is 12.1 Å². The SMILES string of the molecule is CC(C)(C)[Si](OC[C@@H]1O[C@H](n2cnc3c(N)nc(F)nc32)CS1)(c1ccccc1)c1ccccc1. The van der Waals surface area contributed by atoms with Gasteiger partial charge in [-0.2, -0.15) is 14.4 Å². The summed E-state index contributed by atoms with van der Waals surface area (Å²) in [5.74, 6) is 0.676.